The predicted octanol–water partition coefficient (Wildman–Crippen LogP) is 3.55. The van der Waals surface area contributed by atoms with Crippen LogP contribution in [0, 0.1) is 10.7 Å². The molecule has 0 saturated carbocycles. The Kier molecular flexibility index (Phi) is 7.48. The van der Waals surface area contributed by atoms with Gasteiger partial charge in [0.25, 0.3) is 5.91 Å². The van der Waals surface area contributed by atoms with Crippen molar-refractivity contribution in [3.63, 3.8) is 0 Å². The number of nitrogens with zero attached hydrogens (tertiary/aromatic N) is 3. The van der Waals surface area contributed by atoms with Gasteiger partial charge in [0.15, 0.2) is 18.1 Å². The molecule has 168 valence electrons. The van der Waals surface area contributed by atoms with Crippen LogP contribution in [0.1, 0.15) is 35.7 Å². The van der Waals surface area contributed by atoms with Crippen molar-refractivity contribution in [2.24, 2.45) is 10.3 Å². The summed E-state index contributed by atoms with van der Waals surface area (Å²) in [6.07, 6.45) is 1.31. The van der Waals surface area contributed by atoms with Crippen LogP contribution in [0.5, 0.6) is 17.2 Å². The Balaban J connectivity index is 1.80. The van der Waals surface area contributed by atoms with Gasteiger partial charge in [0, 0.05) is 23.4 Å². The minimum atomic E-state index is -1.02. The first-order chi connectivity index (χ1) is 15.5. The number of benzene rings is 2. The van der Waals surface area contributed by atoms with Gasteiger partial charge in [-0.25, -0.2) is 9.40 Å². The number of halogens is 1. The second kappa shape index (κ2) is 10.5. The third-order valence-corrected chi connectivity index (χ3v) is 4.69. The van der Waals surface area contributed by atoms with Crippen molar-refractivity contribution in [1.82, 2.24) is 5.01 Å². The summed E-state index contributed by atoms with van der Waals surface area (Å²) in [7, 11) is 1.55. The number of carbonyl (C=O) groups is 2. The Bertz CT molecular complexity index is 1060. The lowest BCUT2D eigenvalue weighted by molar-refractivity contribution is -0.119. The number of rotatable bonds is 8. The Morgan fingerprint density at radius 3 is 2.66 bits per heavy atom. The summed E-state index contributed by atoms with van der Waals surface area (Å²) in [5.41, 5.74) is 1.27. The average molecular weight is 443 g/mol. The monoisotopic (exact) mass is 443 g/mol. The number of hydrogen-bond acceptors (Lipinski definition) is 7. The van der Waals surface area contributed by atoms with Gasteiger partial charge in [-0.1, -0.05) is 0 Å². The maximum absolute atomic E-state index is 14.5. The number of nitroso groups, excluding NO2 is 1. The zero-order valence-electron chi connectivity index (χ0n) is 17.7. The lowest BCUT2D eigenvalue weighted by Gasteiger charge is -2.24. The molecule has 10 heteroatoms. The van der Waals surface area contributed by atoms with Crippen molar-refractivity contribution < 1.29 is 28.2 Å². The minimum Gasteiger partial charge on any atom is -0.493 e. The van der Waals surface area contributed by atoms with Crippen LogP contribution in [0.25, 0.3) is 0 Å². The second-order valence-electron chi connectivity index (χ2n) is 6.79. The summed E-state index contributed by atoms with van der Waals surface area (Å²) in [6, 6.07) is 8.95. The van der Waals surface area contributed by atoms with Crippen molar-refractivity contribution in [1.29, 1.82) is 0 Å². The standard InChI is InChI=1S/C22H22FN3O6/c1-3-31-20-11-14(6-9-19(20)30-2)18-5-4-10-26(24-18)22(28)16-8-7-15(12-17(16)23)32-13-21(27)25-29/h6-9,11-12H,3-5,10,13H2,1-2H3. The molecular weight excluding hydrogens is 421 g/mol. The zero-order valence-corrected chi connectivity index (χ0v) is 17.7. The zero-order chi connectivity index (χ0) is 23.1. The highest BCUT2D eigenvalue weighted by Gasteiger charge is 2.24. The van der Waals surface area contributed by atoms with E-state index in [1.54, 1.807) is 19.2 Å². The maximum Gasteiger partial charge on any atom is 0.323 e. The van der Waals surface area contributed by atoms with Crippen LogP contribution in [-0.4, -0.2) is 49.4 Å². The fraction of sp³-hybridized carbons (Fsp3) is 0.318. The van der Waals surface area contributed by atoms with E-state index in [2.05, 4.69) is 10.3 Å². The molecule has 0 radical (unpaired) electrons. The maximum atomic E-state index is 14.5. The number of ether oxygens (including phenoxy) is 3. The molecular formula is C22H22FN3O6. The molecule has 0 fully saturated rings. The van der Waals surface area contributed by atoms with E-state index in [9.17, 15) is 18.9 Å². The van der Waals surface area contributed by atoms with Gasteiger partial charge in [-0.2, -0.15) is 5.10 Å². The minimum absolute atomic E-state index is 0.000529. The van der Waals surface area contributed by atoms with E-state index < -0.39 is 24.2 Å². The summed E-state index contributed by atoms with van der Waals surface area (Å²) in [4.78, 5) is 33.9. The van der Waals surface area contributed by atoms with Crippen LogP contribution in [0.4, 0.5) is 4.39 Å². The fourth-order valence-corrected chi connectivity index (χ4v) is 3.19. The van der Waals surface area contributed by atoms with Crippen molar-refractivity contribution in [2.45, 2.75) is 19.8 Å². The highest BCUT2D eigenvalue weighted by Crippen LogP contribution is 2.30. The lowest BCUT2D eigenvalue weighted by Crippen LogP contribution is -2.32. The summed E-state index contributed by atoms with van der Waals surface area (Å²) >= 11 is 0. The Labute approximate surface area is 183 Å². The van der Waals surface area contributed by atoms with E-state index in [4.69, 9.17) is 14.2 Å². The number of hydrogen-bond donors (Lipinski definition) is 0. The smallest absolute Gasteiger partial charge is 0.323 e. The molecule has 9 nitrogen and oxygen atoms in total. The van der Waals surface area contributed by atoms with E-state index in [1.807, 2.05) is 13.0 Å². The van der Waals surface area contributed by atoms with Crippen molar-refractivity contribution in [3.05, 3.63) is 58.2 Å². The molecule has 1 aliphatic rings. The Morgan fingerprint density at radius 1 is 1.16 bits per heavy atom. The largest absolute Gasteiger partial charge is 0.493 e. The van der Waals surface area contributed by atoms with E-state index in [1.165, 1.54) is 17.1 Å². The average Bonchev–Trinajstić information content (AvgIpc) is 2.82. The van der Waals surface area contributed by atoms with E-state index >= 15 is 0 Å². The quantitative estimate of drug-likeness (QED) is 0.578. The molecule has 0 aliphatic carbocycles. The summed E-state index contributed by atoms with van der Waals surface area (Å²) in [5.74, 6) is -1.29. The van der Waals surface area contributed by atoms with Crippen molar-refractivity contribution in [2.75, 3.05) is 26.9 Å². The van der Waals surface area contributed by atoms with E-state index in [-0.39, 0.29) is 11.3 Å². The molecule has 2 amide bonds. The highest BCUT2D eigenvalue weighted by molar-refractivity contribution is 6.03. The van der Waals surface area contributed by atoms with Gasteiger partial charge in [0.2, 0.25) is 0 Å². The predicted molar refractivity (Wildman–Crippen MR) is 114 cm³/mol. The topological polar surface area (TPSA) is 107 Å². The number of methoxy groups -OCH3 is 1. The molecule has 0 atom stereocenters. The van der Waals surface area contributed by atoms with Crippen LogP contribution in [0.15, 0.2) is 46.7 Å². The Hall–Kier alpha value is -3.82. The van der Waals surface area contributed by atoms with Gasteiger partial charge in [-0.05, 0) is 50.1 Å². The Morgan fingerprint density at radius 2 is 1.97 bits per heavy atom. The van der Waals surface area contributed by atoms with Crippen LogP contribution < -0.4 is 14.2 Å². The number of hydrazone groups is 1. The normalized spacial score (nSPS) is 13.2. The summed E-state index contributed by atoms with van der Waals surface area (Å²) in [5, 5.41) is 7.85. The first kappa shape index (κ1) is 22.9. The molecule has 3 rings (SSSR count). The first-order valence-electron chi connectivity index (χ1n) is 9.96. The summed E-state index contributed by atoms with van der Waals surface area (Å²) in [6.45, 7) is 2.07. The van der Waals surface area contributed by atoms with Crippen LogP contribution in [-0.2, 0) is 4.79 Å². The number of amides is 2. The van der Waals surface area contributed by atoms with Crippen LogP contribution >= 0.6 is 0 Å². The van der Waals surface area contributed by atoms with E-state index in [0.29, 0.717) is 43.2 Å². The molecule has 2 aromatic rings. The van der Waals surface area contributed by atoms with Gasteiger partial charge < -0.3 is 14.2 Å². The molecule has 0 unspecified atom stereocenters. The molecule has 0 spiro atoms. The van der Waals surface area contributed by atoms with Gasteiger partial charge in [-0.15, -0.1) is 4.91 Å². The molecule has 0 saturated heterocycles. The second-order valence-corrected chi connectivity index (χ2v) is 6.79. The molecule has 0 bridgehead atoms. The summed E-state index contributed by atoms with van der Waals surface area (Å²) < 4.78 is 30.4. The number of carbonyl (C=O) groups excluding carboxylic acids is 2. The van der Waals surface area contributed by atoms with Crippen LogP contribution in [0.2, 0.25) is 0 Å². The van der Waals surface area contributed by atoms with Crippen LogP contribution in [0.3, 0.4) is 0 Å². The van der Waals surface area contributed by atoms with Gasteiger partial charge in [0.1, 0.15) is 11.6 Å². The SMILES string of the molecule is CCOc1cc(C2=NN(C(=O)c3ccc(OCC(=O)N=O)cc3F)CCC2)ccc1OC. The van der Waals surface area contributed by atoms with Gasteiger partial charge >= 0.3 is 5.91 Å². The first-order valence-corrected chi connectivity index (χ1v) is 9.96. The van der Waals surface area contributed by atoms with E-state index in [0.717, 1.165) is 11.6 Å². The van der Waals surface area contributed by atoms with Gasteiger partial charge in [0.05, 0.1) is 25.0 Å². The third kappa shape index (κ3) is 5.26. The fourth-order valence-electron chi connectivity index (χ4n) is 3.19. The molecule has 2 aromatic carbocycles. The molecule has 0 aromatic heterocycles. The molecule has 0 N–H and O–H groups in total. The lowest BCUT2D eigenvalue weighted by atomic mass is 10.0. The molecule has 32 heavy (non-hydrogen) atoms. The van der Waals surface area contributed by atoms with Crippen molar-refractivity contribution in [3.8, 4) is 17.2 Å². The highest BCUT2D eigenvalue weighted by atomic mass is 19.1. The van der Waals surface area contributed by atoms with Crippen molar-refractivity contribution >= 4 is 17.5 Å². The molecule has 1 aliphatic heterocycles. The molecule has 1 heterocycles. The third-order valence-electron chi connectivity index (χ3n) is 4.69. The van der Waals surface area contributed by atoms with Gasteiger partial charge in [-0.3, -0.25) is 9.59 Å².